The molecule has 21 heavy (non-hydrogen) atoms. The van der Waals surface area contributed by atoms with Crippen LogP contribution in [0.3, 0.4) is 0 Å². The van der Waals surface area contributed by atoms with Crippen LogP contribution >= 0.6 is 11.3 Å². The van der Waals surface area contributed by atoms with Gasteiger partial charge in [0, 0.05) is 10.9 Å². The third-order valence-electron chi connectivity index (χ3n) is 3.77. The summed E-state index contributed by atoms with van der Waals surface area (Å²) in [5.74, 6) is 1.71. The summed E-state index contributed by atoms with van der Waals surface area (Å²) in [6.07, 6.45) is 4.01. The van der Waals surface area contributed by atoms with Crippen LogP contribution in [0.5, 0.6) is 0 Å². The fourth-order valence-electron chi connectivity index (χ4n) is 2.81. The van der Waals surface area contributed by atoms with Gasteiger partial charge in [0.05, 0.1) is 12.8 Å². The number of hydrogen-bond acceptors (Lipinski definition) is 6. The molecule has 1 aliphatic rings. The van der Waals surface area contributed by atoms with Gasteiger partial charge in [-0.1, -0.05) is 6.07 Å². The molecule has 0 aromatic carbocycles. The van der Waals surface area contributed by atoms with Crippen LogP contribution in [0.1, 0.15) is 29.7 Å². The molecule has 0 saturated carbocycles. The van der Waals surface area contributed by atoms with Crippen LogP contribution in [-0.2, 0) is 6.54 Å². The fourth-order valence-corrected chi connectivity index (χ4v) is 3.70. The van der Waals surface area contributed by atoms with Crippen LogP contribution in [-0.4, -0.2) is 21.6 Å². The number of thiophene rings is 1. The Morgan fingerprint density at radius 1 is 1.29 bits per heavy atom. The first-order valence-electron chi connectivity index (χ1n) is 7.04. The first-order chi connectivity index (χ1) is 10.4. The van der Waals surface area contributed by atoms with E-state index in [2.05, 4.69) is 32.6 Å². The van der Waals surface area contributed by atoms with E-state index in [9.17, 15) is 0 Å². The predicted octanol–water partition coefficient (Wildman–Crippen LogP) is 3.73. The van der Waals surface area contributed by atoms with Gasteiger partial charge < -0.3 is 8.83 Å². The minimum atomic E-state index is 0.446. The molecule has 4 heterocycles. The summed E-state index contributed by atoms with van der Waals surface area (Å²) in [7, 11) is 0. The molecule has 0 unspecified atom stereocenters. The van der Waals surface area contributed by atoms with Gasteiger partial charge in [0.15, 0.2) is 5.76 Å². The van der Waals surface area contributed by atoms with Crippen LogP contribution in [0.2, 0.25) is 0 Å². The Hall–Kier alpha value is -1.92. The summed E-state index contributed by atoms with van der Waals surface area (Å²) in [5.41, 5.74) is 0. The SMILES string of the molecule is c1coc(-c2nnc(CN3CCC[C@H]3c3cccs3)o2)c1. The van der Waals surface area contributed by atoms with Gasteiger partial charge in [0.1, 0.15) is 0 Å². The first kappa shape index (κ1) is 12.8. The highest BCUT2D eigenvalue weighted by molar-refractivity contribution is 7.10. The van der Waals surface area contributed by atoms with Gasteiger partial charge in [-0.2, -0.15) is 0 Å². The Labute approximate surface area is 126 Å². The van der Waals surface area contributed by atoms with Crippen LogP contribution in [0.4, 0.5) is 0 Å². The van der Waals surface area contributed by atoms with Gasteiger partial charge in [-0.25, -0.2) is 0 Å². The number of likely N-dealkylation sites (tertiary alicyclic amines) is 1. The lowest BCUT2D eigenvalue weighted by molar-refractivity contribution is 0.226. The topological polar surface area (TPSA) is 55.3 Å². The van der Waals surface area contributed by atoms with Crippen LogP contribution in [0.15, 0.2) is 44.7 Å². The van der Waals surface area contributed by atoms with Gasteiger partial charge in [0.25, 0.3) is 5.89 Å². The normalized spacial score (nSPS) is 19.3. The summed E-state index contributed by atoms with van der Waals surface area (Å²) in [5, 5.41) is 10.3. The Kier molecular flexibility index (Phi) is 3.33. The third kappa shape index (κ3) is 2.52. The van der Waals surface area contributed by atoms with E-state index in [1.807, 2.05) is 23.5 Å². The van der Waals surface area contributed by atoms with E-state index in [1.165, 1.54) is 17.7 Å². The molecular formula is C15H15N3O2S. The molecule has 0 aliphatic carbocycles. The van der Waals surface area contributed by atoms with Crippen molar-refractivity contribution in [2.45, 2.75) is 25.4 Å². The molecule has 1 saturated heterocycles. The van der Waals surface area contributed by atoms with Crippen LogP contribution in [0.25, 0.3) is 11.7 Å². The Balaban J connectivity index is 1.51. The second-order valence-corrected chi connectivity index (χ2v) is 6.10. The molecule has 3 aromatic rings. The van der Waals surface area contributed by atoms with Crippen molar-refractivity contribution in [1.29, 1.82) is 0 Å². The molecule has 1 fully saturated rings. The summed E-state index contributed by atoms with van der Waals surface area (Å²) >= 11 is 1.81. The van der Waals surface area contributed by atoms with Crippen molar-refractivity contribution >= 4 is 11.3 Å². The Morgan fingerprint density at radius 2 is 2.29 bits per heavy atom. The molecule has 1 aliphatic heterocycles. The molecule has 3 aromatic heterocycles. The average Bonchev–Trinajstić information content (AvgIpc) is 3.28. The van der Waals surface area contributed by atoms with Crippen molar-refractivity contribution in [1.82, 2.24) is 15.1 Å². The number of furan rings is 1. The molecule has 4 rings (SSSR count). The van der Waals surface area contributed by atoms with Gasteiger partial charge in [-0.05, 0) is 43.0 Å². The van der Waals surface area contributed by atoms with Gasteiger partial charge in [0.2, 0.25) is 5.89 Å². The van der Waals surface area contributed by atoms with E-state index in [4.69, 9.17) is 8.83 Å². The maximum Gasteiger partial charge on any atom is 0.283 e. The van der Waals surface area contributed by atoms with E-state index < -0.39 is 0 Å². The minimum absolute atomic E-state index is 0.446. The summed E-state index contributed by atoms with van der Waals surface area (Å²) in [4.78, 5) is 3.82. The van der Waals surface area contributed by atoms with Gasteiger partial charge in [-0.15, -0.1) is 21.5 Å². The Bertz CT molecular complexity index is 690. The summed E-state index contributed by atoms with van der Waals surface area (Å²) < 4.78 is 11.0. The van der Waals surface area contributed by atoms with Crippen LogP contribution in [0, 0.1) is 0 Å². The summed E-state index contributed by atoms with van der Waals surface area (Å²) in [6, 6.07) is 8.42. The fraction of sp³-hybridized carbons (Fsp3) is 0.333. The quantitative estimate of drug-likeness (QED) is 0.735. The molecule has 108 valence electrons. The standard InChI is InChI=1S/C15H15N3O2S/c1-4-11(13-6-3-9-21-13)18(7-1)10-14-16-17-15(20-14)12-5-2-8-19-12/h2-3,5-6,8-9,11H,1,4,7,10H2/t11-/m0/s1. The third-order valence-corrected chi connectivity index (χ3v) is 4.75. The molecule has 0 spiro atoms. The molecule has 0 N–H and O–H groups in total. The zero-order valence-electron chi connectivity index (χ0n) is 11.4. The van der Waals surface area contributed by atoms with Crippen molar-refractivity contribution in [2.24, 2.45) is 0 Å². The number of nitrogens with zero attached hydrogens (tertiary/aromatic N) is 3. The first-order valence-corrected chi connectivity index (χ1v) is 7.92. The Morgan fingerprint density at radius 3 is 3.10 bits per heavy atom. The van der Waals surface area contributed by atoms with E-state index in [0.717, 1.165) is 6.54 Å². The highest BCUT2D eigenvalue weighted by Crippen LogP contribution is 2.35. The highest BCUT2D eigenvalue weighted by atomic mass is 32.1. The average molecular weight is 301 g/mol. The number of rotatable bonds is 4. The van der Waals surface area contributed by atoms with Gasteiger partial charge in [-0.3, -0.25) is 4.90 Å². The van der Waals surface area contributed by atoms with Crippen molar-refractivity contribution in [2.75, 3.05) is 6.54 Å². The molecule has 0 bridgehead atoms. The molecule has 0 amide bonds. The van der Waals surface area contributed by atoms with Gasteiger partial charge >= 0.3 is 0 Å². The molecule has 5 nitrogen and oxygen atoms in total. The highest BCUT2D eigenvalue weighted by Gasteiger charge is 2.28. The van der Waals surface area contributed by atoms with Crippen molar-refractivity contribution in [3.63, 3.8) is 0 Å². The number of aromatic nitrogens is 2. The monoisotopic (exact) mass is 301 g/mol. The maximum atomic E-state index is 5.70. The largest absolute Gasteiger partial charge is 0.459 e. The molecule has 1 atom stereocenters. The van der Waals surface area contributed by atoms with Crippen molar-refractivity contribution in [3.8, 4) is 11.7 Å². The lowest BCUT2D eigenvalue weighted by Crippen LogP contribution is -2.22. The molecule has 0 radical (unpaired) electrons. The van der Waals surface area contributed by atoms with Crippen molar-refractivity contribution < 1.29 is 8.83 Å². The molecular weight excluding hydrogens is 286 g/mol. The second-order valence-electron chi connectivity index (χ2n) is 5.12. The lowest BCUT2D eigenvalue weighted by Gasteiger charge is -2.21. The zero-order chi connectivity index (χ0) is 14.1. The van der Waals surface area contributed by atoms with E-state index in [-0.39, 0.29) is 0 Å². The van der Waals surface area contributed by atoms with Crippen molar-refractivity contribution in [3.05, 3.63) is 46.7 Å². The predicted molar refractivity (Wildman–Crippen MR) is 78.7 cm³/mol. The summed E-state index contributed by atoms with van der Waals surface area (Å²) in [6.45, 7) is 1.76. The van der Waals surface area contributed by atoms with E-state index >= 15 is 0 Å². The van der Waals surface area contributed by atoms with Crippen LogP contribution < -0.4 is 0 Å². The molecule has 6 heteroatoms. The number of hydrogen-bond donors (Lipinski definition) is 0. The van der Waals surface area contributed by atoms with E-state index in [0.29, 0.717) is 30.1 Å². The minimum Gasteiger partial charge on any atom is -0.459 e. The zero-order valence-corrected chi connectivity index (χ0v) is 12.3. The maximum absolute atomic E-state index is 5.70. The lowest BCUT2D eigenvalue weighted by atomic mass is 10.2. The second kappa shape index (κ2) is 5.46. The van der Waals surface area contributed by atoms with E-state index in [1.54, 1.807) is 6.26 Å². The smallest absolute Gasteiger partial charge is 0.283 e.